The summed E-state index contributed by atoms with van der Waals surface area (Å²) in [6, 6.07) is 3.33. The molecule has 8 nitrogen and oxygen atoms in total. The van der Waals surface area contributed by atoms with Gasteiger partial charge in [0.05, 0.1) is 4.92 Å². The molecular weight excluding hydrogens is 350 g/mol. The van der Waals surface area contributed by atoms with Crippen molar-refractivity contribution in [3.05, 3.63) is 33.3 Å². The molecule has 1 atom stereocenters. The van der Waals surface area contributed by atoms with Crippen LogP contribution in [0.5, 0.6) is 0 Å². The first-order valence-electron chi connectivity index (χ1n) is 7.83. The van der Waals surface area contributed by atoms with Crippen LogP contribution in [0.1, 0.15) is 33.6 Å². The van der Waals surface area contributed by atoms with Crippen molar-refractivity contribution < 1.29 is 19.2 Å². The smallest absolute Gasteiger partial charge is 0.410 e. The molecule has 0 saturated carbocycles. The lowest BCUT2D eigenvalue weighted by atomic mass is 10.2. The molecule has 136 valence electrons. The van der Waals surface area contributed by atoms with Crippen molar-refractivity contribution in [2.75, 3.05) is 11.9 Å². The third-order valence-electron chi connectivity index (χ3n) is 3.59. The molecule has 2 rings (SSSR count). The van der Waals surface area contributed by atoms with E-state index in [0.29, 0.717) is 19.4 Å². The molecule has 0 spiro atoms. The normalized spacial score (nSPS) is 17.3. The zero-order valence-corrected chi connectivity index (χ0v) is 15.0. The Morgan fingerprint density at radius 2 is 2.08 bits per heavy atom. The van der Waals surface area contributed by atoms with Gasteiger partial charge in [-0.3, -0.25) is 19.8 Å². The van der Waals surface area contributed by atoms with Crippen LogP contribution in [-0.2, 0) is 9.53 Å². The number of likely N-dealkylation sites (tertiary alicyclic amines) is 1. The molecule has 9 heteroatoms. The summed E-state index contributed by atoms with van der Waals surface area (Å²) in [7, 11) is 0. The van der Waals surface area contributed by atoms with Gasteiger partial charge in [-0.2, -0.15) is 0 Å². The van der Waals surface area contributed by atoms with Gasteiger partial charge < -0.3 is 10.1 Å². The molecule has 1 aliphatic rings. The fourth-order valence-electron chi connectivity index (χ4n) is 2.53. The molecule has 0 bridgehead atoms. The predicted molar refractivity (Wildman–Crippen MR) is 92.7 cm³/mol. The van der Waals surface area contributed by atoms with Crippen LogP contribution in [0.3, 0.4) is 0 Å². The van der Waals surface area contributed by atoms with Gasteiger partial charge >= 0.3 is 6.09 Å². The van der Waals surface area contributed by atoms with E-state index in [1.54, 1.807) is 20.8 Å². The van der Waals surface area contributed by atoms with Gasteiger partial charge in [-0.05, 0) is 45.7 Å². The average Bonchev–Trinajstić information content (AvgIpc) is 2.97. The average molecular weight is 370 g/mol. The van der Waals surface area contributed by atoms with Gasteiger partial charge in [0.1, 0.15) is 16.7 Å². The van der Waals surface area contributed by atoms with Gasteiger partial charge in [-0.15, -0.1) is 0 Å². The highest BCUT2D eigenvalue weighted by atomic mass is 35.5. The first-order chi connectivity index (χ1) is 11.6. The van der Waals surface area contributed by atoms with Gasteiger partial charge in [0.2, 0.25) is 5.91 Å². The van der Waals surface area contributed by atoms with E-state index in [9.17, 15) is 19.7 Å². The summed E-state index contributed by atoms with van der Waals surface area (Å²) in [6.45, 7) is 5.68. The minimum atomic E-state index is -0.676. The summed E-state index contributed by atoms with van der Waals surface area (Å²) >= 11 is 5.76. The van der Waals surface area contributed by atoms with Crippen LogP contribution < -0.4 is 5.32 Å². The van der Waals surface area contributed by atoms with E-state index >= 15 is 0 Å². The summed E-state index contributed by atoms with van der Waals surface area (Å²) in [5.41, 5.74) is -0.704. The number of halogens is 1. The molecule has 1 aromatic carbocycles. The van der Waals surface area contributed by atoms with Crippen LogP contribution in [-0.4, -0.2) is 40.0 Å². The fourth-order valence-corrected chi connectivity index (χ4v) is 2.72. The third kappa shape index (κ3) is 4.82. The highest BCUT2D eigenvalue weighted by Crippen LogP contribution is 2.28. The minimum Gasteiger partial charge on any atom is -0.444 e. The zero-order chi connectivity index (χ0) is 18.8. The highest BCUT2D eigenvalue weighted by molar-refractivity contribution is 6.32. The monoisotopic (exact) mass is 369 g/mol. The van der Waals surface area contributed by atoms with Crippen LogP contribution in [0.2, 0.25) is 5.02 Å². The molecule has 0 radical (unpaired) electrons. The number of amides is 2. The Hall–Kier alpha value is -2.35. The molecule has 0 unspecified atom stereocenters. The summed E-state index contributed by atoms with van der Waals surface area (Å²) < 4.78 is 5.32. The van der Waals surface area contributed by atoms with Crippen LogP contribution in [0, 0.1) is 10.1 Å². The fraction of sp³-hybridized carbons (Fsp3) is 0.500. The highest BCUT2D eigenvalue weighted by Gasteiger charge is 2.36. The number of benzene rings is 1. The molecule has 1 N–H and O–H groups in total. The lowest BCUT2D eigenvalue weighted by molar-refractivity contribution is -0.384. The Labute approximate surface area is 150 Å². The molecule has 1 fully saturated rings. The van der Waals surface area contributed by atoms with E-state index in [1.807, 2.05) is 0 Å². The molecule has 0 aliphatic carbocycles. The largest absolute Gasteiger partial charge is 0.444 e. The third-order valence-corrected chi connectivity index (χ3v) is 3.91. The van der Waals surface area contributed by atoms with Crippen molar-refractivity contribution in [1.82, 2.24) is 4.90 Å². The molecule has 1 saturated heterocycles. The second-order valence-electron chi connectivity index (χ2n) is 6.74. The summed E-state index contributed by atoms with van der Waals surface area (Å²) in [6.07, 6.45) is 0.631. The van der Waals surface area contributed by atoms with E-state index < -0.39 is 28.6 Å². The second-order valence-corrected chi connectivity index (χ2v) is 7.15. The van der Waals surface area contributed by atoms with Crippen LogP contribution in [0.15, 0.2) is 18.2 Å². The Bertz CT molecular complexity index is 702. The van der Waals surface area contributed by atoms with Crippen molar-refractivity contribution in [3.8, 4) is 0 Å². The van der Waals surface area contributed by atoms with E-state index in [2.05, 4.69) is 5.32 Å². The SMILES string of the molecule is CC(C)(C)OC(=O)N1CCC[C@H]1C(=O)Nc1ccc(Cl)c([N+](=O)[O-])c1. The van der Waals surface area contributed by atoms with Crippen molar-refractivity contribution in [3.63, 3.8) is 0 Å². The maximum absolute atomic E-state index is 12.5. The van der Waals surface area contributed by atoms with Crippen LogP contribution in [0.4, 0.5) is 16.2 Å². The van der Waals surface area contributed by atoms with Crippen molar-refractivity contribution >= 4 is 35.0 Å². The topological polar surface area (TPSA) is 102 Å². The molecular formula is C16H20ClN3O5. The van der Waals surface area contributed by atoms with Crippen molar-refractivity contribution in [2.45, 2.75) is 45.3 Å². The quantitative estimate of drug-likeness (QED) is 0.648. The Morgan fingerprint density at radius 3 is 2.68 bits per heavy atom. The summed E-state index contributed by atoms with van der Waals surface area (Å²) in [5.74, 6) is -0.417. The number of anilines is 1. The number of carbonyl (C=O) groups is 2. The molecule has 0 aromatic heterocycles. The van der Waals surface area contributed by atoms with Gasteiger partial charge in [0.25, 0.3) is 5.69 Å². The number of hydrogen-bond acceptors (Lipinski definition) is 5. The lowest BCUT2D eigenvalue weighted by Gasteiger charge is -2.28. The van der Waals surface area contributed by atoms with Crippen LogP contribution in [0.25, 0.3) is 0 Å². The molecule has 2 amide bonds. The number of ether oxygens (including phenoxy) is 1. The van der Waals surface area contributed by atoms with Gasteiger partial charge in [0.15, 0.2) is 0 Å². The standard InChI is InChI=1S/C16H20ClN3O5/c1-16(2,3)25-15(22)19-8-4-5-12(19)14(21)18-10-6-7-11(17)13(9-10)20(23)24/h6-7,9,12H,4-5,8H2,1-3H3,(H,18,21)/t12-/m0/s1. The zero-order valence-electron chi connectivity index (χ0n) is 14.2. The van der Waals surface area contributed by atoms with Crippen LogP contribution >= 0.6 is 11.6 Å². The molecule has 1 aromatic rings. The summed E-state index contributed by atoms with van der Waals surface area (Å²) in [5, 5.41) is 13.5. The van der Waals surface area contributed by atoms with Crippen molar-refractivity contribution in [1.29, 1.82) is 0 Å². The van der Waals surface area contributed by atoms with Gasteiger partial charge in [0, 0.05) is 18.3 Å². The Kier molecular flexibility index (Phi) is 5.52. The maximum atomic E-state index is 12.5. The number of nitrogens with zero attached hydrogens (tertiary/aromatic N) is 2. The number of nitro benzene ring substituents is 1. The first kappa shape index (κ1) is 19.0. The van der Waals surface area contributed by atoms with E-state index in [0.717, 1.165) is 0 Å². The maximum Gasteiger partial charge on any atom is 0.410 e. The van der Waals surface area contributed by atoms with Crippen molar-refractivity contribution in [2.24, 2.45) is 0 Å². The Morgan fingerprint density at radius 1 is 1.40 bits per heavy atom. The molecule has 1 aliphatic heterocycles. The van der Waals surface area contributed by atoms with Gasteiger partial charge in [-0.1, -0.05) is 11.6 Å². The molecule has 25 heavy (non-hydrogen) atoms. The molecule has 1 heterocycles. The number of hydrogen-bond donors (Lipinski definition) is 1. The van der Waals surface area contributed by atoms with Gasteiger partial charge in [-0.25, -0.2) is 4.79 Å². The lowest BCUT2D eigenvalue weighted by Crippen LogP contribution is -2.45. The summed E-state index contributed by atoms with van der Waals surface area (Å²) in [4.78, 5) is 36.4. The van der Waals surface area contributed by atoms with E-state index in [1.165, 1.54) is 23.1 Å². The van der Waals surface area contributed by atoms with E-state index in [-0.39, 0.29) is 16.4 Å². The Balaban J connectivity index is 2.11. The predicted octanol–water partition coefficient (Wildman–Crippen LogP) is 3.59. The minimum absolute atomic E-state index is 0.0146. The second kappa shape index (κ2) is 7.26. The first-order valence-corrected chi connectivity index (χ1v) is 8.21. The number of nitrogens with one attached hydrogen (secondary N) is 1. The number of nitro groups is 1. The van der Waals surface area contributed by atoms with E-state index in [4.69, 9.17) is 16.3 Å². The number of rotatable bonds is 3. The number of carbonyl (C=O) groups excluding carboxylic acids is 2.